The molecule has 1 amide bonds. The standard InChI is InChI=1S/C10H18N2OS2/c1-15-7-8(13)12-10(9(11)14)5-3-2-4-6-10/h2-7H2,1H3,(H2,11,14)(H,12,13). The van der Waals surface area contributed by atoms with Gasteiger partial charge in [0.2, 0.25) is 5.91 Å². The largest absolute Gasteiger partial charge is 0.391 e. The SMILES string of the molecule is CSCC(=O)NC1(C(N)=S)CCCCC1. The quantitative estimate of drug-likeness (QED) is 0.737. The summed E-state index contributed by atoms with van der Waals surface area (Å²) in [5.74, 6) is 0.516. The van der Waals surface area contributed by atoms with Gasteiger partial charge < -0.3 is 11.1 Å². The minimum atomic E-state index is -0.402. The van der Waals surface area contributed by atoms with Crippen molar-refractivity contribution in [3.8, 4) is 0 Å². The zero-order valence-electron chi connectivity index (χ0n) is 9.04. The molecule has 0 aliphatic heterocycles. The summed E-state index contributed by atoms with van der Waals surface area (Å²) < 4.78 is 0. The third-order valence-corrected chi connectivity index (χ3v) is 3.77. The number of carbonyl (C=O) groups is 1. The Morgan fingerprint density at radius 2 is 2.07 bits per heavy atom. The van der Waals surface area contributed by atoms with Crippen LogP contribution in [-0.2, 0) is 4.79 Å². The Labute approximate surface area is 101 Å². The number of carbonyl (C=O) groups excluding carboxylic acids is 1. The molecule has 0 unspecified atom stereocenters. The fourth-order valence-corrected chi connectivity index (χ4v) is 2.61. The average Bonchev–Trinajstić information content (AvgIpc) is 2.19. The van der Waals surface area contributed by atoms with Gasteiger partial charge in [-0.05, 0) is 19.1 Å². The second kappa shape index (κ2) is 5.70. The summed E-state index contributed by atoms with van der Waals surface area (Å²) in [4.78, 5) is 12.0. The molecule has 86 valence electrons. The lowest BCUT2D eigenvalue weighted by Gasteiger charge is -2.37. The Kier molecular flexibility index (Phi) is 4.86. The maximum absolute atomic E-state index is 11.6. The van der Waals surface area contributed by atoms with Crippen LogP contribution in [0.3, 0.4) is 0 Å². The number of thiocarbonyl (C=S) groups is 1. The molecule has 0 heterocycles. The van der Waals surface area contributed by atoms with Crippen LogP contribution in [0.15, 0.2) is 0 Å². The molecule has 3 N–H and O–H groups in total. The normalized spacial score (nSPS) is 19.5. The maximum atomic E-state index is 11.6. The van der Waals surface area contributed by atoms with Crippen LogP contribution in [0.4, 0.5) is 0 Å². The van der Waals surface area contributed by atoms with Crippen molar-refractivity contribution in [2.24, 2.45) is 5.73 Å². The van der Waals surface area contributed by atoms with E-state index >= 15 is 0 Å². The predicted octanol–water partition coefficient (Wildman–Crippen LogP) is 1.45. The fourth-order valence-electron chi connectivity index (χ4n) is 2.02. The predicted molar refractivity (Wildman–Crippen MR) is 69.1 cm³/mol. The number of rotatable bonds is 4. The Morgan fingerprint density at radius 3 is 2.53 bits per heavy atom. The highest BCUT2D eigenvalue weighted by atomic mass is 32.2. The molecule has 1 rings (SSSR count). The molecule has 0 radical (unpaired) electrons. The van der Waals surface area contributed by atoms with Gasteiger partial charge in [-0.15, -0.1) is 0 Å². The highest BCUT2D eigenvalue weighted by Crippen LogP contribution is 2.28. The van der Waals surface area contributed by atoms with Crippen LogP contribution < -0.4 is 11.1 Å². The molecule has 5 heteroatoms. The van der Waals surface area contributed by atoms with E-state index in [-0.39, 0.29) is 5.91 Å². The zero-order valence-corrected chi connectivity index (χ0v) is 10.7. The minimum absolute atomic E-state index is 0.0391. The Morgan fingerprint density at radius 1 is 1.47 bits per heavy atom. The average molecular weight is 246 g/mol. The van der Waals surface area contributed by atoms with Gasteiger partial charge in [0.05, 0.1) is 16.3 Å². The molecule has 0 atom stereocenters. The van der Waals surface area contributed by atoms with E-state index < -0.39 is 5.54 Å². The van der Waals surface area contributed by atoms with Crippen molar-refractivity contribution in [3.63, 3.8) is 0 Å². The zero-order chi connectivity index (χ0) is 11.3. The first-order valence-electron chi connectivity index (χ1n) is 5.20. The minimum Gasteiger partial charge on any atom is -0.391 e. The molecule has 0 aromatic carbocycles. The highest BCUT2D eigenvalue weighted by molar-refractivity contribution is 7.99. The molecule has 1 fully saturated rings. The van der Waals surface area contributed by atoms with Crippen LogP contribution >= 0.6 is 24.0 Å². The number of hydrogen-bond donors (Lipinski definition) is 2. The van der Waals surface area contributed by atoms with Gasteiger partial charge in [0.1, 0.15) is 0 Å². The van der Waals surface area contributed by atoms with Gasteiger partial charge in [-0.3, -0.25) is 4.79 Å². The smallest absolute Gasteiger partial charge is 0.230 e. The first kappa shape index (κ1) is 12.8. The van der Waals surface area contributed by atoms with Crippen molar-refractivity contribution in [1.29, 1.82) is 0 Å². The van der Waals surface area contributed by atoms with E-state index in [1.54, 1.807) is 0 Å². The number of thioether (sulfide) groups is 1. The van der Waals surface area contributed by atoms with E-state index in [0.717, 1.165) is 25.7 Å². The van der Waals surface area contributed by atoms with Gasteiger partial charge in [0, 0.05) is 0 Å². The Hall–Kier alpha value is -0.290. The van der Waals surface area contributed by atoms with Crippen LogP contribution in [0.1, 0.15) is 32.1 Å². The van der Waals surface area contributed by atoms with Crippen molar-refractivity contribution < 1.29 is 4.79 Å². The van der Waals surface area contributed by atoms with Crippen LogP contribution in [0.25, 0.3) is 0 Å². The van der Waals surface area contributed by atoms with E-state index in [9.17, 15) is 4.79 Å². The van der Waals surface area contributed by atoms with Crippen molar-refractivity contribution >= 4 is 34.9 Å². The van der Waals surface area contributed by atoms with Gasteiger partial charge >= 0.3 is 0 Å². The number of nitrogens with two attached hydrogens (primary N) is 1. The monoisotopic (exact) mass is 246 g/mol. The second-order valence-corrected chi connectivity index (χ2v) is 5.29. The highest BCUT2D eigenvalue weighted by Gasteiger charge is 2.36. The summed E-state index contributed by atoms with van der Waals surface area (Å²) in [6, 6.07) is 0. The van der Waals surface area contributed by atoms with E-state index in [1.807, 2.05) is 6.26 Å². The third kappa shape index (κ3) is 3.34. The van der Waals surface area contributed by atoms with Gasteiger partial charge in [-0.25, -0.2) is 0 Å². The molecule has 1 aliphatic rings. The summed E-state index contributed by atoms with van der Waals surface area (Å²) in [7, 11) is 0. The molecule has 15 heavy (non-hydrogen) atoms. The molecular weight excluding hydrogens is 228 g/mol. The molecule has 0 aromatic heterocycles. The summed E-state index contributed by atoms with van der Waals surface area (Å²) >= 11 is 6.60. The molecular formula is C10H18N2OS2. The van der Waals surface area contributed by atoms with Gasteiger partial charge in [0.15, 0.2) is 0 Å². The third-order valence-electron chi connectivity index (χ3n) is 2.83. The lowest BCUT2D eigenvalue weighted by Crippen LogP contribution is -2.58. The van der Waals surface area contributed by atoms with E-state index in [2.05, 4.69) is 5.32 Å². The van der Waals surface area contributed by atoms with Crippen LogP contribution in [0.2, 0.25) is 0 Å². The molecule has 0 aromatic rings. The topological polar surface area (TPSA) is 55.1 Å². The van der Waals surface area contributed by atoms with Crippen LogP contribution in [0.5, 0.6) is 0 Å². The van der Waals surface area contributed by atoms with E-state index in [4.69, 9.17) is 18.0 Å². The van der Waals surface area contributed by atoms with Crippen LogP contribution in [0, 0.1) is 0 Å². The summed E-state index contributed by atoms with van der Waals surface area (Å²) in [5.41, 5.74) is 5.35. The second-order valence-electron chi connectivity index (χ2n) is 3.99. The van der Waals surface area contributed by atoms with Crippen molar-refractivity contribution in [2.75, 3.05) is 12.0 Å². The molecule has 1 aliphatic carbocycles. The molecule has 0 saturated heterocycles. The summed E-state index contributed by atoms with van der Waals surface area (Å²) in [5, 5.41) is 3.01. The lowest BCUT2D eigenvalue weighted by molar-refractivity contribution is -0.120. The molecule has 1 saturated carbocycles. The van der Waals surface area contributed by atoms with Gasteiger partial charge in [0.25, 0.3) is 0 Å². The van der Waals surface area contributed by atoms with E-state index in [1.165, 1.54) is 18.2 Å². The van der Waals surface area contributed by atoms with E-state index in [0.29, 0.717) is 10.7 Å². The van der Waals surface area contributed by atoms with Crippen molar-refractivity contribution in [3.05, 3.63) is 0 Å². The summed E-state index contributed by atoms with van der Waals surface area (Å²) in [6.07, 6.45) is 7.09. The van der Waals surface area contributed by atoms with Gasteiger partial charge in [-0.2, -0.15) is 11.8 Å². The molecule has 3 nitrogen and oxygen atoms in total. The number of amides is 1. The Bertz CT molecular complexity index is 250. The first-order chi connectivity index (χ1) is 7.10. The van der Waals surface area contributed by atoms with Crippen LogP contribution in [-0.4, -0.2) is 28.4 Å². The molecule has 0 bridgehead atoms. The maximum Gasteiger partial charge on any atom is 0.230 e. The molecule has 0 spiro atoms. The van der Waals surface area contributed by atoms with Gasteiger partial charge in [-0.1, -0.05) is 31.5 Å². The first-order valence-corrected chi connectivity index (χ1v) is 7.01. The van der Waals surface area contributed by atoms with Crippen molar-refractivity contribution in [1.82, 2.24) is 5.32 Å². The number of nitrogens with one attached hydrogen (secondary N) is 1. The lowest BCUT2D eigenvalue weighted by atomic mass is 9.81. The summed E-state index contributed by atoms with van der Waals surface area (Å²) in [6.45, 7) is 0. The fraction of sp³-hybridized carbons (Fsp3) is 0.800. The number of hydrogen-bond acceptors (Lipinski definition) is 3. The Balaban J connectivity index is 2.64. The van der Waals surface area contributed by atoms with Crippen molar-refractivity contribution in [2.45, 2.75) is 37.6 Å².